The van der Waals surface area contributed by atoms with Gasteiger partial charge in [-0.3, -0.25) is 9.59 Å². The summed E-state index contributed by atoms with van der Waals surface area (Å²) in [5.74, 6) is -0.694. The fraction of sp³-hybridized carbons (Fsp3) is 0.267. The molecule has 0 radical (unpaired) electrons. The monoisotopic (exact) mass is 546 g/mol. The van der Waals surface area contributed by atoms with E-state index < -0.39 is 24.1 Å². The Balaban J connectivity index is 1.56. The molecule has 208 valence electrons. The summed E-state index contributed by atoms with van der Waals surface area (Å²) in [6, 6.07) is 18.6. The predicted octanol–water partition coefficient (Wildman–Crippen LogP) is 3.99. The number of esters is 2. The third-order valence-corrected chi connectivity index (χ3v) is 6.54. The van der Waals surface area contributed by atoms with Crippen molar-refractivity contribution in [1.29, 1.82) is 0 Å². The van der Waals surface area contributed by atoms with Crippen LogP contribution >= 0.6 is 0 Å². The zero-order valence-corrected chi connectivity index (χ0v) is 22.5. The number of hydrogen-bond acceptors (Lipinski definition) is 8. The first-order valence-electron chi connectivity index (χ1n) is 12.6. The molecule has 1 heterocycles. The molecule has 40 heavy (non-hydrogen) atoms. The molecule has 10 nitrogen and oxygen atoms in total. The maximum Gasteiger partial charge on any atom is 0.408 e. The van der Waals surface area contributed by atoms with Gasteiger partial charge in [0.1, 0.15) is 25.0 Å². The number of fused-ring (bicyclic) bond motifs is 3. The lowest BCUT2D eigenvalue weighted by Crippen LogP contribution is -2.42. The van der Waals surface area contributed by atoms with Gasteiger partial charge < -0.3 is 28.8 Å². The summed E-state index contributed by atoms with van der Waals surface area (Å²) >= 11 is 0. The Morgan fingerprint density at radius 1 is 0.925 bits per heavy atom. The summed E-state index contributed by atoms with van der Waals surface area (Å²) in [6.07, 6.45) is -1.04. The van der Waals surface area contributed by atoms with Gasteiger partial charge in [-0.2, -0.15) is 0 Å². The van der Waals surface area contributed by atoms with Crippen LogP contribution in [-0.2, 0) is 44.1 Å². The Bertz CT molecular complexity index is 1600. The van der Waals surface area contributed by atoms with Gasteiger partial charge in [0.2, 0.25) is 0 Å². The number of aromatic nitrogens is 1. The first-order chi connectivity index (χ1) is 19.3. The van der Waals surface area contributed by atoms with E-state index >= 15 is 0 Å². The van der Waals surface area contributed by atoms with Gasteiger partial charge >= 0.3 is 18.0 Å². The highest BCUT2D eigenvalue weighted by Gasteiger charge is 2.25. The molecule has 0 bridgehead atoms. The van der Waals surface area contributed by atoms with Crippen LogP contribution in [0.4, 0.5) is 4.79 Å². The van der Waals surface area contributed by atoms with Gasteiger partial charge in [0.25, 0.3) is 5.56 Å². The highest BCUT2D eigenvalue weighted by Crippen LogP contribution is 2.30. The molecule has 1 N–H and O–H groups in total. The van der Waals surface area contributed by atoms with Crippen molar-refractivity contribution < 1.29 is 33.3 Å². The molecule has 0 fully saturated rings. The second-order valence-electron chi connectivity index (χ2n) is 9.09. The average molecular weight is 547 g/mol. The van der Waals surface area contributed by atoms with Crippen molar-refractivity contribution in [3.63, 3.8) is 0 Å². The van der Waals surface area contributed by atoms with E-state index in [1.165, 1.54) is 17.7 Å². The van der Waals surface area contributed by atoms with Gasteiger partial charge in [-0.1, -0.05) is 42.5 Å². The highest BCUT2D eigenvalue weighted by atomic mass is 16.6. The lowest BCUT2D eigenvalue weighted by atomic mass is 10.0. The number of amides is 1. The summed E-state index contributed by atoms with van der Waals surface area (Å²) in [7, 11) is 4.47. The molecule has 1 aromatic heterocycles. The number of benzene rings is 3. The lowest BCUT2D eigenvalue weighted by molar-refractivity contribution is -0.148. The number of nitrogens with zero attached hydrogens (tertiary/aromatic N) is 1. The molecule has 0 aliphatic rings. The van der Waals surface area contributed by atoms with Crippen molar-refractivity contribution in [3.05, 3.63) is 88.2 Å². The standard InChI is InChI=1S/C30H30N2O8/c1-32-25-13-10-20-9-11-22(37-2)16-23(20)28(25)21(15-26(32)33)18-39-29(35)24(12-14-27(34)38-3)31-30(36)40-17-19-7-5-4-6-8-19/h4-11,13,15-16,24H,12,14,17-18H2,1-3H3,(H,31,36). The largest absolute Gasteiger partial charge is 0.497 e. The van der Waals surface area contributed by atoms with Crippen molar-refractivity contribution in [1.82, 2.24) is 9.88 Å². The molecule has 1 amide bonds. The fourth-order valence-corrected chi connectivity index (χ4v) is 4.35. The summed E-state index contributed by atoms with van der Waals surface area (Å²) in [4.78, 5) is 50.1. The number of hydrogen-bond donors (Lipinski definition) is 1. The number of rotatable bonds is 10. The Morgan fingerprint density at radius 2 is 1.68 bits per heavy atom. The quantitative estimate of drug-likeness (QED) is 0.180. The number of pyridine rings is 1. The minimum absolute atomic E-state index is 0.00127. The minimum Gasteiger partial charge on any atom is -0.497 e. The summed E-state index contributed by atoms with van der Waals surface area (Å²) < 4.78 is 22.4. The molecule has 0 spiro atoms. The van der Waals surface area contributed by atoms with Crippen LogP contribution in [0.2, 0.25) is 0 Å². The fourth-order valence-electron chi connectivity index (χ4n) is 4.35. The lowest BCUT2D eigenvalue weighted by Gasteiger charge is -2.18. The molecule has 4 rings (SSSR count). The van der Waals surface area contributed by atoms with Crippen LogP contribution in [0.15, 0.2) is 71.5 Å². The Labute approximate surface area is 230 Å². The number of carbonyl (C=O) groups excluding carboxylic acids is 3. The van der Waals surface area contributed by atoms with E-state index in [1.54, 1.807) is 26.3 Å². The zero-order chi connectivity index (χ0) is 28.6. The molecule has 0 saturated heterocycles. The van der Waals surface area contributed by atoms with E-state index in [0.29, 0.717) is 16.8 Å². The van der Waals surface area contributed by atoms with Crippen molar-refractivity contribution in [2.24, 2.45) is 7.05 Å². The number of aryl methyl sites for hydroxylation is 1. The molecule has 0 aliphatic heterocycles. The maximum atomic E-state index is 13.1. The molecule has 0 saturated carbocycles. The smallest absolute Gasteiger partial charge is 0.408 e. The van der Waals surface area contributed by atoms with Gasteiger partial charge in [-0.05, 0) is 41.0 Å². The van der Waals surface area contributed by atoms with E-state index in [0.717, 1.165) is 21.7 Å². The topological polar surface area (TPSA) is 122 Å². The molecule has 1 unspecified atom stereocenters. The van der Waals surface area contributed by atoms with Crippen LogP contribution in [-0.4, -0.2) is 42.9 Å². The van der Waals surface area contributed by atoms with Gasteiger partial charge in [-0.25, -0.2) is 9.59 Å². The Morgan fingerprint density at radius 3 is 2.40 bits per heavy atom. The van der Waals surface area contributed by atoms with Gasteiger partial charge in [-0.15, -0.1) is 0 Å². The normalized spacial score (nSPS) is 11.6. The molecule has 4 aromatic rings. The van der Waals surface area contributed by atoms with Crippen LogP contribution in [0.5, 0.6) is 5.75 Å². The predicted molar refractivity (Wildman–Crippen MR) is 148 cm³/mol. The SMILES string of the molecule is COC(=O)CCC(NC(=O)OCc1ccccc1)C(=O)OCc1cc(=O)n(C)c2ccc3ccc(OC)cc3c12. The second-order valence-corrected chi connectivity index (χ2v) is 9.09. The minimum atomic E-state index is -1.18. The summed E-state index contributed by atoms with van der Waals surface area (Å²) in [5.41, 5.74) is 1.64. The average Bonchev–Trinajstić information content (AvgIpc) is 2.98. The Hall–Kier alpha value is -4.86. The number of carbonyl (C=O) groups is 3. The van der Waals surface area contributed by atoms with Crippen LogP contribution in [0.1, 0.15) is 24.0 Å². The van der Waals surface area contributed by atoms with Crippen LogP contribution < -0.4 is 15.6 Å². The number of nitrogens with one attached hydrogen (secondary N) is 1. The third kappa shape index (κ3) is 6.58. The van der Waals surface area contributed by atoms with E-state index in [-0.39, 0.29) is 31.6 Å². The first-order valence-corrected chi connectivity index (χ1v) is 12.6. The molecule has 10 heteroatoms. The second kappa shape index (κ2) is 12.8. The summed E-state index contributed by atoms with van der Waals surface area (Å²) in [5, 5.41) is 4.95. The number of alkyl carbamates (subject to hydrolysis) is 1. The van der Waals surface area contributed by atoms with Gasteiger partial charge in [0.15, 0.2) is 0 Å². The zero-order valence-electron chi connectivity index (χ0n) is 22.5. The van der Waals surface area contributed by atoms with Crippen molar-refractivity contribution >= 4 is 39.7 Å². The molecular formula is C30H30N2O8. The van der Waals surface area contributed by atoms with Crippen LogP contribution in [0.3, 0.4) is 0 Å². The third-order valence-electron chi connectivity index (χ3n) is 6.54. The van der Waals surface area contributed by atoms with E-state index in [1.807, 2.05) is 48.5 Å². The molecule has 0 aliphatic carbocycles. The van der Waals surface area contributed by atoms with Crippen molar-refractivity contribution in [2.45, 2.75) is 32.1 Å². The number of ether oxygens (including phenoxy) is 4. The van der Waals surface area contributed by atoms with E-state index in [9.17, 15) is 19.2 Å². The number of methoxy groups -OCH3 is 2. The van der Waals surface area contributed by atoms with Gasteiger partial charge in [0.05, 0.1) is 19.7 Å². The summed E-state index contributed by atoms with van der Waals surface area (Å²) in [6.45, 7) is -0.238. The Kier molecular flexibility index (Phi) is 9.00. The van der Waals surface area contributed by atoms with Crippen LogP contribution in [0, 0.1) is 0 Å². The molecule has 1 atom stereocenters. The van der Waals surface area contributed by atoms with Crippen molar-refractivity contribution in [3.8, 4) is 5.75 Å². The van der Waals surface area contributed by atoms with E-state index in [4.69, 9.17) is 14.2 Å². The van der Waals surface area contributed by atoms with E-state index in [2.05, 4.69) is 10.1 Å². The first kappa shape index (κ1) is 28.2. The molecular weight excluding hydrogens is 516 g/mol. The van der Waals surface area contributed by atoms with Crippen LogP contribution in [0.25, 0.3) is 21.7 Å². The van der Waals surface area contributed by atoms with Crippen molar-refractivity contribution in [2.75, 3.05) is 14.2 Å². The van der Waals surface area contributed by atoms with Gasteiger partial charge in [0, 0.05) is 30.5 Å². The maximum absolute atomic E-state index is 13.1. The highest BCUT2D eigenvalue weighted by molar-refractivity contribution is 6.08. The molecule has 3 aromatic carbocycles.